The zero-order valence-electron chi connectivity index (χ0n) is 12.8. The number of halogens is 2. The van der Waals surface area contributed by atoms with Crippen LogP contribution in [0.1, 0.15) is 45.6 Å². The van der Waals surface area contributed by atoms with Crippen LogP contribution in [0, 0.1) is 16.7 Å². The van der Waals surface area contributed by atoms with E-state index < -0.39 is 0 Å². The molecule has 2 aliphatic carbocycles. The van der Waals surface area contributed by atoms with Crippen LogP contribution >= 0.6 is 31.9 Å². The molecule has 0 aromatic heterocycles. The molecule has 2 saturated carbocycles. The van der Waals surface area contributed by atoms with Crippen LogP contribution in [0.3, 0.4) is 0 Å². The summed E-state index contributed by atoms with van der Waals surface area (Å²) in [5.41, 5.74) is 1.74. The number of phenols is 1. The molecular formula is C17H23Br2NO. The lowest BCUT2D eigenvalue weighted by Gasteiger charge is -2.39. The Morgan fingerprint density at radius 3 is 2.57 bits per heavy atom. The third-order valence-electron chi connectivity index (χ3n) is 6.44. The third kappa shape index (κ3) is 2.38. The van der Waals surface area contributed by atoms with Gasteiger partial charge in [-0.2, -0.15) is 0 Å². The first-order chi connectivity index (χ1) is 9.75. The van der Waals surface area contributed by atoms with Crippen molar-refractivity contribution < 1.29 is 5.11 Å². The second kappa shape index (κ2) is 5.24. The van der Waals surface area contributed by atoms with Crippen LogP contribution in [0.25, 0.3) is 0 Å². The van der Waals surface area contributed by atoms with Gasteiger partial charge in [-0.1, -0.05) is 36.7 Å². The van der Waals surface area contributed by atoms with Gasteiger partial charge in [0.25, 0.3) is 0 Å². The molecule has 4 heteroatoms. The van der Waals surface area contributed by atoms with Crippen molar-refractivity contribution in [1.29, 1.82) is 0 Å². The van der Waals surface area contributed by atoms with Crippen molar-refractivity contribution in [3.05, 3.63) is 26.6 Å². The second-order valence-electron chi connectivity index (χ2n) is 7.44. The Hall–Kier alpha value is -0.0600. The molecule has 1 aromatic rings. The molecule has 1 aromatic carbocycles. The van der Waals surface area contributed by atoms with E-state index in [1.165, 1.54) is 19.3 Å². The van der Waals surface area contributed by atoms with Crippen LogP contribution in [-0.2, 0) is 6.54 Å². The summed E-state index contributed by atoms with van der Waals surface area (Å²) in [6, 6.07) is 4.41. The lowest BCUT2D eigenvalue weighted by atomic mass is 9.69. The van der Waals surface area contributed by atoms with Crippen molar-refractivity contribution in [2.24, 2.45) is 16.7 Å². The highest BCUT2D eigenvalue weighted by Gasteiger charge is 2.60. The Balaban J connectivity index is 1.76. The summed E-state index contributed by atoms with van der Waals surface area (Å²) in [5.74, 6) is 1.18. The second-order valence-corrected chi connectivity index (χ2v) is 9.21. The Kier molecular flexibility index (Phi) is 3.95. The summed E-state index contributed by atoms with van der Waals surface area (Å²) in [7, 11) is 0. The molecular weight excluding hydrogens is 394 g/mol. The molecule has 0 saturated heterocycles. The smallest absolute Gasteiger partial charge is 0.134 e. The molecule has 2 N–H and O–H groups in total. The fourth-order valence-electron chi connectivity index (χ4n) is 4.50. The van der Waals surface area contributed by atoms with Gasteiger partial charge in [0.2, 0.25) is 0 Å². The number of rotatable bonds is 3. The lowest BCUT2D eigenvalue weighted by molar-refractivity contribution is 0.120. The van der Waals surface area contributed by atoms with E-state index in [-0.39, 0.29) is 0 Å². The van der Waals surface area contributed by atoms with E-state index >= 15 is 0 Å². The molecule has 0 heterocycles. The molecule has 21 heavy (non-hydrogen) atoms. The number of fused-ring (bicyclic) bond motifs is 2. The maximum absolute atomic E-state index is 10.2. The molecule has 0 aliphatic heterocycles. The van der Waals surface area contributed by atoms with Crippen LogP contribution in [0.4, 0.5) is 0 Å². The lowest BCUT2D eigenvalue weighted by Crippen LogP contribution is -2.44. The quantitative estimate of drug-likeness (QED) is 0.707. The van der Waals surface area contributed by atoms with Gasteiger partial charge in [-0.15, -0.1) is 0 Å². The molecule has 2 bridgehead atoms. The minimum absolute atomic E-state index is 0.346. The van der Waals surface area contributed by atoms with Crippen LogP contribution in [0.15, 0.2) is 21.1 Å². The van der Waals surface area contributed by atoms with E-state index in [0.717, 1.165) is 20.4 Å². The zero-order valence-corrected chi connectivity index (χ0v) is 16.0. The number of hydrogen-bond donors (Lipinski definition) is 2. The van der Waals surface area contributed by atoms with Gasteiger partial charge in [0, 0.05) is 22.6 Å². The summed E-state index contributed by atoms with van der Waals surface area (Å²) < 4.78 is 1.73. The SMILES string of the molecule is CC1(C)C2CCC1(C)C(NCc1cc(Br)cc(Br)c1O)C2. The van der Waals surface area contributed by atoms with Gasteiger partial charge < -0.3 is 10.4 Å². The summed E-state index contributed by atoms with van der Waals surface area (Å²) in [6.45, 7) is 8.01. The average molecular weight is 417 g/mol. The predicted octanol–water partition coefficient (Wildman–Crippen LogP) is 5.22. The van der Waals surface area contributed by atoms with Crippen LogP contribution in [0.2, 0.25) is 0 Å². The van der Waals surface area contributed by atoms with Gasteiger partial charge in [0.1, 0.15) is 5.75 Å². The minimum Gasteiger partial charge on any atom is -0.506 e. The Morgan fingerprint density at radius 1 is 1.29 bits per heavy atom. The Labute approximate surface area is 144 Å². The van der Waals surface area contributed by atoms with E-state index in [1.807, 2.05) is 12.1 Å². The molecule has 3 atom stereocenters. The maximum atomic E-state index is 10.2. The molecule has 0 radical (unpaired) electrons. The molecule has 2 aliphatic rings. The van der Waals surface area contributed by atoms with Crippen molar-refractivity contribution in [3.63, 3.8) is 0 Å². The summed E-state index contributed by atoms with van der Waals surface area (Å²) in [6.07, 6.45) is 3.95. The maximum Gasteiger partial charge on any atom is 0.134 e. The number of nitrogens with one attached hydrogen (secondary N) is 1. The largest absolute Gasteiger partial charge is 0.506 e. The predicted molar refractivity (Wildman–Crippen MR) is 93.4 cm³/mol. The number of phenolic OH excluding ortho intramolecular Hbond substituents is 1. The molecule has 116 valence electrons. The van der Waals surface area contributed by atoms with Crippen molar-refractivity contribution in [3.8, 4) is 5.75 Å². The summed E-state index contributed by atoms with van der Waals surface area (Å²) in [5, 5.41) is 13.9. The van der Waals surface area contributed by atoms with Crippen molar-refractivity contribution in [1.82, 2.24) is 5.32 Å². The van der Waals surface area contributed by atoms with Gasteiger partial charge in [-0.05, 0) is 64.1 Å². The molecule has 3 rings (SSSR count). The number of hydrogen-bond acceptors (Lipinski definition) is 2. The fraction of sp³-hybridized carbons (Fsp3) is 0.647. The van der Waals surface area contributed by atoms with Crippen LogP contribution in [-0.4, -0.2) is 11.1 Å². The first-order valence-electron chi connectivity index (χ1n) is 7.66. The molecule has 3 unspecified atom stereocenters. The molecule has 0 amide bonds. The average Bonchev–Trinajstić information content (AvgIpc) is 2.74. The van der Waals surface area contributed by atoms with Crippen molar-refractivity contribution >= 4 is 31.9 Å². The van der Waals surface area contributed by atoms with E-state index in [2.05, 4.69) is 57.9 Å². The molecule has 2 fully saturated rings. The highest BCUT2D eigenvalue weighted by molar-refractivity contribution is 9.11. The fourth-order valence-corrected chi connectivity index (χ4v) is 5.81. The van der Waals surface area contributed by atoms with Crippen molar-refractivity contribution in [2.45, 2.75) is 52.6 Å². The van der Waals surface area contributed by atoms with E-state index in [1.54, 1.807) is 0 Å². The van der Waals surface area contributed by atoms with E-state index in [9.17, 15) is 5.11 Å². The van der Waals surface area contributed by atoms with Gasteiger partial charge in [-0.3, -0.25) is 0 Å². The van der Waals surface area contributed by atoms with Gasteiger partial charge in [-0.25, -0.2) is 0 Å². The summed E-state index contributed by atoms with van der Waals surface area (Å²) >= 11 is 6.90. The van der Waals surface area contributed by atoms with Crippen molar-refractivity contribution in [2.75, 3.05) is 0 Å². The van der Waals surface area contributed by atoms with Gasteiger partial charge >= 0.3 is 0 Å². The molecule has 2 nitrogen and oxygen atoms in total. The van der Waals surface area contributed by atoms with Crippen LogP contribution < -0.4 is 5.32 Å². The van der Waals surface area contributed by atoms with Gasteiger partial charge in [0.05, 0.1) is 4.47 Å². The standard InChI is InChI=1S/C17H23Br2NO/c1-16(2)11-4-5-17(16,3)14(7-11)20-9-10-6-12(18)8-13(19)15(10)21/h6,8,11,14,20-21H,4-5,7,9H2,1-3H3. The Bertz CT molecular complexity index is 572. The molecule has 0 spiro atoms. The van der Waals surface area contributed by atoms with E-state index in [4.69, 9.17) is 0 Å². The first-order valence-corrected chi connectivity index (χ1v) is 9.24. The first kappa shape index (κ1) is 15.8. The van der Waals surface area contributed by atoms with Crippen LogP contribution in [0.5, 0.6) is 5.75 Å². The topological polar surface area (TPSA) is 32.3 Å². The van der Waals surface area contributed by atoms with Gasteiger partial charge in [0.15, 0.2) is 0 Å². The highest BCUT2D eigenvalue weighted by atomic mass is 79.9. The highest BCUT2D eigenvalue weighted by Crippen LogP contribution is 2.65. The third-order valence-corrected chi connectivity index (χ3v) is 7.50. The van der Waals surface area contributed by atoms with E-state index in [0.29, 0.717) is 29.2 Å². The number of aromatic hydroxyl groups is 1. The number of benzene rings is 1. The zero-order chi connectivity index (χ0) is 15.4. The normalized spacial score (nSPS) is 33.6. The monoisotopic (exact) mass is 415 g/mol. The summed E-state index contributed by atoms with van der Waals surface area (Å²) in [4.78, 5) is 0. The Morgan fingerprint density at radius 2 is 2.00 bits per heavy atom. The minimum atomic E-state index is 0.346.